The Morgan fingerprint density at radius 2 is 1.86 bits per heavy atom. The van der Waals surface area contributed by atoms with E-state index in [0.29, 0.717) is 11.1 Å². The maximum Gasteiger partial charge on any atom is 0.280 e. The largest absolute Gasteiger partial charge is 0.440 e. The maximum absolute atomic E-state index is 12.2. The summed E-state index contributed by atoms with van der Waals surface area (Å²) in [6.07, 6.45) is -0.112. The van der Waals surface area contributed by atoms with Crippen LogP contribution in [-0.2, 0) is 6.42 Å². The van der Waals surface area contributed by atoms with Crippen LogP contribution in [0.3, 0.4) is 0 Å². The van der Waals surface area contributed by atoms with Crippen molar-refractivity contribution in [1.82, 2.24) is 4.98 Å². The summed E-state index contributed by atoms with van der Waals surface area (Å²) in [5.74, 6) is -0.145. The number of carbonyl (C=O) groups excluding carboxylic acids is 1. The fourth-order valence-corrected chi connectivity index (χ4v) is 2.10. The summed E-state index contributed by atoms with van der Waals surface area (Å²) in [5.41, 5.74) is 1.09. The number of oxazole rings is 1. The molecule has 104 valence electrons. The van der Waals surface area contributed by atoms with Crippen LogP contribution in [0.5, 0.6) is 0 Å². The van der Waals surface area contributed by atoms with Crippen LogP contribution in [0.15, 0.2) is 52.9 Å². The van der Waals surface area contributed by atoms with E-state index in [-0.39, 0.29) is 23.6 Å². The molecule has 2 aromatic carbocycles. The molecule has 6 nitrogen and oxygen atoms in total. The predicted molar refractivity (Wildman–Crippen MR) is 75.1 cm³/mol. The van der Waals surface area contributed by atoms with Crippen molar-refractivity contribution in [2.24, 2.45) is 0 Å². The number of rotatable bonds is 4. The van der Waals surface area contributed by atoms with Crippen molar-refractivity contribution in [3.63, 3.8) is 0 Å². The number of hydrogen-bond donors (Lipinski definition) is 0. The molecule has 0 aliphatic heterocycles. The van der Waals surface area contributed by atoms with Gasteiger partial charge in [0.1, 0.15) is 5.52 Å². The van der Waals surface area contributed by atoms with Gasteiger partial charge in [-0.3, -0.25) is 14.9 Å². The smallest absolute Gasteiger partial charge is 0.280 e. The van der Waals surface area contributed by atoms with Gasteiger partial charge in [0.25, 0.3) is 5.69 Å². The average molecular weight is 282 g/mol. The molecule has 0 atom stereocenters. The third-order valence-corrected chi connectivity index (χ3v) is 3.05. The molecule has 21 heavy (non-hydrogen) atoms. The normalized spacial score (nSPS) is 10.7. The first-order chi connectivity index (χ1) is 10.1. The number of nitro groups is 1. The Hall–Kier alpha value is -3.02. The van der Waals surface area contributed by atoms with E-state index in [4.69, 9.17) is 4.42 Å². The van der Waals surface area contributed by atoms with E-state index in [9.17, 15) is 14.9 Å². The summed E-state index contributed by atoms with van der Waals surface area (Å²) < 4.78 is 5.46. The van der Waals surface area contributed by atoms with Gasteiger partial charge < -0.3 is 4.42 Å². The van der Waals surface area contributed by atoms with E-state index in [2.05, 4.69) is 4.98 Å². The molecule has 6 heteroatoms. The highest BCUT2D eigenvalue weighted by Gasteiger charge is 2.21. The Labute approximate surface area is 119 Å². The highest BCUT2D eigenvalue weighted by molar-refractivity contribution is 6.00. The van der Waals surface area contributed by atoms with Gasteiger partial charge in [0, 0.05) is 6.07 Å². The summed E-state index contributed by atoms with van der Waals surface area (Å²) >= 11 is 0. The Balaban J connectivity index is 1.91. The molecule has 0 aliphatic carbocycles. The van der Waals surface area contributed by atoms with Crippen molar-refractivity contribution in [3.05, 3.63) is 70.1 Å². The number of nitrogens with zero attached hydrogens (tertiary/aromatic N) is 2. The molecule has 0 radical (unpaired) electrons. The molecule has 0 amide bonds. The van der Waals surface area contributed by atoms with Crippen LogP contribution in [0.2, 0.25) is 0 Å². The first kappa shape index (κ1) is 13.0. The Morgan fingerprint density at radius 3 is 2.62 bits per heavy atom. The minimum atomic E-state index is -0.570. The lowest BCUT2D eigenvalue weighted by molar-refractivity contribution is -0.385. The van der Waals surface area contributed by atoms with Crippen LogP contribution < -0.4 is 0 Å². The lowest BCUT2D eigenvalue weighted by atomic mass is 10.1. The van der Waals surface area contributed by atoms with Gasteiger partial charge in [-0.25, -0.2) is 4.98 Å². The number of ketones is 1. The fraction of sp³-hybridized carbons (Fsp3) is 0.0667. The van der Waals surface area contributed by atoms with Crippen LogP contribution in [-0.4, -0.2) is 15.7 Å². The number of para-hydroxylation sites is 3. The molecule has 3 rings (SSSR count). The van der Waals surface area contributed by atoms with Crippen molar-refractivity contribution in [1.29, 1.82) is 0 Å². The SMILES string of the molecule is O=C(Cc1nc2ccccc2o1)c1ccccc1[N+](=O)[O-]. The van der Waals surface area contributed by atoms with Crippen molar-refractivity contribution >= 4 is 22.6 Å². The molecule has 0 bridgehead atoms. The molecule has 1 heterocycles. The van der Waals surface area contributed by atoms with E-state index in [1.165, 1.54) is 18.2 Å². The molecule has 0 N–H and O–H groups in total. The minimum absolute atomic E-state index is 0.0600. The van der Waals surface area contributed by atoms with E-state index in [0.717, 1.165) is 0 Å². The highest BCUT2D eigenvalue weighted by atomic mass is 16.6. The summed E-state index contributed by atoms with van der Waals surface area (Å²) in [6.45, 7) is 0. The van der Waals surface area contributed by atoms with E-state index >= 15 is 0 Å². The van der Waals surface area contributed by atoms with Gasteiger partial charge >= 0.3 is 0 Å². The second-order valence-corrected chi connectivity index (χ2v) is 4.45. The van der Waals surface area contributed by atoms with Gasteiger partial charge in [-0.15, -0.1) is 0 Å². The minimum Gasteiger partial charge on any atom is -0.440 e. The van der Waals surface area contributed by atoms with Gasteiger partial charge in [-0.1, -0.05) is 24.3 Å². The molecule has 1 aromatic heterocycles. The van der Waals surface area contributed by atoms with E-state index < -0.39 is 10.7 Å². The molecule has 0 fully saturated rings. The predicted octanol–water partition coefficient (Wildman–Crippen LogP) is 3.16. The van der Waals surface area contributed by atoms with Gasteiger partial charge in [0.15, 0.2) is 11.4 Å². The quantitative estimate of drug-likeness (QED) is 0.416. The van der Waals surface area contributed by atoms with E-state index in [1.54, 1.807) is 24.3 Å². The number of fused-ring (bicyclic) bond motifs is 1. The number of nitro benzene ring substituents is 1. The fourth-order valence-electron chi connectivity index (χ4n) is 2.10. The van der Waals surface area contributed by atoms with Crippen LogP contribution in [0.1, 0.15) is 16.2 Å². The summed E-state index contributed by atoms with van der Waals surface area (Å²) in [7, 11) is 0. The Kier molecular flexibility index (Phi) is 3.19. The van der Waals surface area contributed by atoms with Crippen LogP contribution in [0.4, 0.5) is 5.69 Å². The average Bonchev–Trinajstić information content (AvgIpc) is 2.89. The van der Waals surface area contributed by atoms with Crippen LogP contribution >= 0.6 is 0 Å². The van der Waals surface area contributed by atoms with Crippen LogP contribution in [0.25, 0.3) is 11.1 Å². The van der Waals surface area contributed by atoms with Gasteiger partial charge in [0.05, 0.1) is 16.9 Å². The lowest BCUT2D eigenvalue weighted by Crippen LogP contribution is -2.07. The topological polar surface area (TPSA) is 86.2 Å². The Morgan fingerprint density at radius 1 is 1.14 bits per heavy atom. The zero-order chi connectivity index (χ0) is 14.8. The first-order valence-corrected chi connectivity index (χ1v) is 6.26. The number of aromatic nitrogens is 1. The van der Waals surface area contributed by atoms with E-state index in [1.807, 2.05) is 6.07 Å². The third-order valence-electron chi connectivity index (χ3n) is 3.05. The zero-order valence-corrected chi connectivity index (χ0v) is 10.9. The third kappa shape index (κ3) is 2.51. The second kappa shape index (κ2) is 5.16. The first-order valence-electron chi connectivity index (χ1n) is 6.26. The lowest BCUT2D eigenvalue weighted by Gasteiger charge is -1.99. The molecule has 0 aliphatic rings. The molecule has 0 saturated heterocycles. The maximum atomic E-state index is 12.2. The van der Waals surface area contributed by atoms with Gasteiger partial charge in [-0.2, -0.15) is 0 Å². The standard InChI is InChI=1S/C15H10N2O4/c18-13(10-5-1-3-7-12(10)17(19)20)9-15-16-11-6-2-4-8-14(11)21-15/h1-8H,9H2. The molecule has 0 spiro atoms. The number of benzene rings is 2. The summed E-state index contributed by atoms with van der Waals surface area (Å²) in [6, 6.07) is 13.0. The van der Waals surface area contributed by atoms with Crippen molar-refractivity contribution < 1.29 is 14.1 Å². The summed E-state index contributed by atoms with van der Waals surface area (Å²) in [5, 5.41) is 10.9. The van der Waals surface area contributed by atoms with Crippen molar-refractivity contribution in [2.45, 2.75) is 6.42 Å². The highest BCUT2D eigenvalue weighted by Crippen LogP contribution is 2.21. The number of carbonyl (C=O) groups is 1. The zero-order valence-electron chi connectivity index (χ0n) is 10.9. The van der Waals surface area contributed by atoms with Gasteiger partial charge in [0.2, 0.25) is 5.89 Å². The molecular formula is C15H10N2O4. The second-order valence-electron chi connectivity index (χ2n) is 4.45. The number of Topliss-reactive ketones (excluding diaryl/α,β-unsaturated/α-hetero) is 1. The van der Waals surface area contributed by atoms with Crippen LogP contribution in [0, 0.1) is 10.1 Å². The summed E-state index contributed by atoms with van der Waals surface area (Å²) in [4.78, 5) is 26.8. The molecular weight excluding hydrogens is 272 g/mol. The van der Waals surface area contributed by atoms with Gasteiger partial charge in [-0.05, 0) is 18.2 Å². The molecule has 0 unspecified atom stereocenters. The monoisotopic (exact) mass is 282 g/mol. The Bertz CT molecular complexity index is 805. The van der Waals surface area contributed by atoms with Crippen molar-refractivity contribution in [2.75, 3.05) is 0 Å². The van der Waals surface area contributed by atoms with Crippen molar-refractivity contribution in [3.8, 4) is 0 Å². The molecule has 0 saturated carbocycles. The number of hydrogen-bond acceptors (Lipinski definition) is 5. The molecule has 3 aromatic rings.